The minimum Gasteiger partial charge on any atom is -0.356 e. The number of nitrogens with zero attached hydrogens (tertiary/aromatic N) is 3. The monoisotopic (exact) mass is 493 g/mol. The maximum atomic E-state index is 12.3. The molecular formula is C18H32IN5OS. The molecule has 1 fully saturated rings. The molecule has 1 unspecified atom stereocenters. The third-order valence-electron chi connectivity index (χ3n) is 4.57. The van der Waals surface area contributed by atoms with Gasteiger partial charge in [0.2, 0.25) is 5.91 Å². The molecule has 1 amide bonds. The van der Waals surface area contributed by atoms with Crippen LogP contribution in [0.3, 0.4) is 0 Å². The zero-order chi connectivity index (χ0) is 18.2. The number of aromatic nitrogens is 1. The Kier molecular flexibility index (Phi) is 10.4. The fraction of sp³-hybridized carbons (Fsp3) is 0.722. The molecule has 6 nitrogen and oxygen atoms in total. The SMILES string of the molecule is CN=C(NCCC(=O)N1CCCC(C)C1)NCCc1nc(C)c(C)s1.I. The van der Waals surface area contributed by atoms with Gasteiger partial charge in [0.05, 0.1) is 10.7 Å². The van der Waals surface area contributed by atoms with E-state index < -0.39 is 0 Å². The number of guanidine groups is 1. The Morgan fingerprint density at radius 2 is 2.08 bits per heavy atom. The molecule has 0 bridgehead atoms. The molecule has 0 aliphatic carbocycles. The van der Waals surface area contributed by atoms with Crippen LogP contribution in [0.5, 0.6) is 0 Å². The summed E-state index contributed by atoms with van der Waals surface area (Å²) < 4.78 is 0. The average Bonchev–Trinajstić information content (AvgIpc) is 2.91. The molecule has 1 aliphatic rings. The second kappa shape index (κ2) is 11.7. The van der Waals surface area contributed by atoms with E-state index >= 15 is 0 Å². The lowest BCUT2D eigenvalue weighted by Gasteiger charge is -2.31. The van der Waals surface area contributed by atoms with Crippen molar-refractivity contribution in [2.24, 2.45) is 10.9 Å². The van der Waals surface area contributed by atoms with Crippen LogP contribution in [-0.2, 0) is 11.2 Å². The number of nitrogens with one attached hydrogen (secondary N) is 2. The van der Waals surface area contributed by atoms with Gasteiger partial charge in [-0.3, -0.25) is 9.79 Å². The summed E-state index contributed by atoms with van der Waals surface area (Å²) in [6.45, 7) is 9.56. The van der Waals surface area contributed by atoms with Crippen LogP contribution in [0.25, 0.3) is 0 Å². The molecule has 1 aromatic heterocycles. The van der Waals surface area contributed by atoms with Crippen LogP contribution in [0.4, 0.5) is 0 Å². The molecular weight excluding hydrogens is 461 g/mol. The first-order valence-corrected chi connectivity index (χ1v) is 9.96. The van der Waals surface area contributed by atoms with Crippen LogP contribution < -0.4 is 10.6 Å². The second-order valence-electron chi connectivity index (χ2n) is 6.76. The summed E-state index contributed by atoms with van der Waals surface area (Å²) in [5.74, 6) is 1.60. The summed E-state index contributed by atoms with van der Waals surface area (Å²) in [7, 11) is 1.75. The Morgan fingerprint density at radius 3 is 2.69 bits per heavy atom. The van der Waals surface area contributed by atoms with Gasteiger partial charge in [0.15, 0.2) is 5.96 Å². The maximum Gasteiger partial charge on any atom is 0.224 e. The van der Waals surface area contributed by atoms with E-state index in [0.717, 1.165) is 49.1 Å². The highest BCUT2D eigenvalue weighted by atomic mass is 127. The smallest absolute Gasteiger partial charge is 0.224 e. The number of rotatable bonds is 6. The predicted octanol–water partition coefficient (Wildman–Crippen LogP) is 2.73. The number of hydrogen-bond donors (Lipinski definition) is 2. The van der Waals surface area contributed by atoms with E-state index in [1.54, 1.807) is 18.4 Å². The van der Waals surface area contributed by atoms with E-state index in [0.29, 0.717) is 18.9 Å². The molecule has 1 aromatic rings. The average molecular weight is 493 g/mol. The van der Waals surface area contributed by atoms with Crippen molar-refractivity contribution in [1.29, 1.82) is 0 Å². The molecule has 148 valence electrons. The molecule has 0 saturated carbocycles. The highest BCUT2D eigenvalue weighted by Crippen LogP contribution is 2.17. The minimum atomic E-state index is 0. The molecule has 0 aromatic carbocycles. The van der Waals surface area contributed by atoms with Crippen molar-refractivity contribution in [3.63, 3.8) is 0 Å². The van der Waals surface area contributed by atoms with Gasteiger partial charge in [-0.2, -0.15) is 0 Å². The molecule has 26 heavy (non-hydrogen) atoms. The highest BCUT2D eigenvalue weighted by molar-refractivity contribution is 14.0. The van der Waals surface area contributed by atoms with Crippen molar-refractivity contribution in [3.05, 3.63) is 15.6 Å². The number of likely N-dealkylation sites (tertiary alicyclic amines) is 1. The quantitative estimate of drug-likeness (QED) is 0.363. The Hall–Kier alpha value is -0.900. The fourth-order valence-corrected chi connectivity index (χ4v) is 3.95. The second-order valence-corrected chi connectivity index (χ2v) is 8.05. The number of aryl methyl sites for hydroxylation is 2. The number of piperidine rings is 1. The fourth-order valence-electron chi connectivity index (χ4n) is 3.02. The topological polar surface area (TPSA) is 69.6 Å². The van der Waals surface area contributed by atoms with Gasteiger partial charge in [0.25, 0.3) is 0 Å². The third kappa shape index (κ3) is 7.38. The van der Waals surface area contributed by atoms with Gasteiger partial charge in [-0.15, -0.1) is 35.3 Å². The first kappa shape index (κ1) is 23.1. The molecule has 0 radical (unpaired) electrons. The van der Waals surface area contributed by atoms with E-state index in [4.69, 9.17) is 0 Å². The van der Waals surface area contributed by atoms with Crippen LogP contribution >= 0.6 is 35.3 Å². The van der Waals surface area contributed by atoms with Crippen LogP contribution in [0.15, 0.2) is 4.99 Å². The number of halogens is 1. The molecule has 1 atom stereocenters. The number of amides is 1. The van der Waals surface area contributed by atoms with Gasteiger partial charge in [-0.1, -0.05) is 6.92 Å². The van der Waals surface area contributed by atoms with Crippen LogP contribution in [0, 0.1) is 19.8 Å². The largest absolute Gasteiger partial charge is 0.356 e. The predicted molar refractivity (Wildman–Crippen MR) is 120 cm³/mol. The van der Waals surface area contributed by atoms with E-state index in [1.165, 1.54) is 11.3 Å². The highest BCUT2D eigenvalue weighted by Gasteiger charge is 2.20. The maximum absolute atomic E-state index is 12.3. The zero-order valence-corrected chi connectivity index (χ0v) is 19.4. The van der Waals surface area contributed by atoms with E-state index in [9.17, 15) is 4.79 Å². The van der Waals surface area contributed by atoms with E-state index in [1.807, 2.05) is 11.8 Å². The standard InChI is InChI=1S/C18H31N5OS.HI/c1-13-6-5-11-23(12-13)17(24)8-10-21-18(19-4)20-9-7-16-22-14(2)15(3)25-16;/h13H,5-12H2,1-4H3,(H2,19,20,21);1H. The Morgan fingerprint density at radius 1 is 1.35 bits per heavy atom. The summed E-state index contributed by atoms with van der Waals surface area (Å²) in [5.41, 5.74) is 1.12. The van der Waals surface area contributed by atoms with Gasteiger partial charge in [0.1, 0.15) is 0 Å². The van der Waals surface area contributed by atoms with Crippen LogP contribution in [0.2, 0.25) is 0 Å². The summed E-state index contributed by atoms with van der Waals surface area (Å²) >= 11 is 1.75. The number of carbonyl (C=O) groups is 1. The van der Waals surface area contributed by atoms with Gasteiger partial charge < -0.3 is 15.5 Å². The Labute approximate surface area is 178 Å². The van der Waals surface area contributed by atoms with E-state index in [2.05, 4.69) is 34.5 Å². The molecule has 8 heteroatoms. The molecule has 1 saturated heterocycles. The van der Waals surface area contributed by atoms with Crippen molar-refractivity contribution in [2.75, 3.05) is 33.2 Å². The molecule has 1 aliphatic heterocycles. The molecule has 2 rings (SSSR count). The number of carbonyl (C=O) groups excluding carboxylic acids is 1. The molecule has 2 heterocycles. The lowest BCUT2D eigenvalue weighted by Crippen LogP contribution is -2.42. The number of thiazole rings is 1. The Bertz CT molecular complexity index is 585. The minimum absolute atomic E-state index is 0. The van der Waals surface area contributed by atoms with Crippen LogP contribution in [-0.4, -0.2) is 55.0 Å². The summed E-state index contributed by atoms with van der Waals surface area (Å²) in [5, 5.41) is 7.66. The first-order chi connectivity index (χ1) is 12.0. The lowest BCUT2D eigenvalue weighted by molar-refractivity contribution is -0.132. The van der Waals surface area contributed by atoms with Crippen molar-refractivity contribution < 1.29 is 4.79 Å². The van der Waals surface area contributed by atoms with E-state index in [-0.39, 0.29) is 29.9 Å². The van der Waals surface area contributed by atoms with Gasteiger partial charge in [-0.05, 0) is 32.6 Å². The summed E-state index contributed by atoms with van der Waals surface area (Å²) in [4.78, 5) is 24.3. The van der Waals surface area contributed by atoms with Crippen LogP contribution in [0.1, 0.15) is 41.8 Å². The van der Waals surface area contributed by atoms with Gasteiger partial charge in [0, 0.05) is 50.9 Å². The van der Waals surface area contributed by atoms with Gasteiger partial charge >= 0.3 is 0 Å². The normalized spacial score (nSPS) is 17.6. The number of aliphatic imine (C=N–C) groups is 1. The van der Waals surface area contributed by atoms with Crippen molar-refractivity contribution in [1.82, 2.24) is 20.5 Å². The third-order valence-corrected chi connectivity index (χ3v) is 5.70. The summed E-state index contributed by atoms with van der Waals surface area (Å²) in [6, 6.07) is 0. The Balaban J connectivity index is 0.00000338. The van der Waals surface area contributed by atoms with Crippen molar-refractivity contribution in [3.8, 4) is 0 Å². The first-order valence-electron chi connectivity index (χ1n) is 9.14. The van der Waals surface area contributed by atoms with Crippen molar-refractivity contribution >= 4 is 47.2 Å². The number of hydrogen-bond acceptors (Lipinski definition) is 4. The molecule has 2 N–H and O–H groups in total. The van der Waals surface area contributed by atoms with Gasteiger partial charge in [-0.25, -0.2) is 4.98 Å². The zero-order valence-electron chi connectivity index (χ0n) is 16.3. The molecule has 0 spiro atoms. The summed E-state index contributed by atoms with van der Waals surface area (Å²) in [6.07, 6.45) is 3.75. The van der Waals surface area contributed by atoms with Crippen molar-refractivity contribution in [2.45, 2.75) is 46.5 Å². The lowest BCUT2D eigenvalue weighted by atomic mass is 10.00.